The molecule has 0 aliphatic rings. The van der Waals surface area contributed by atoms with Crippen molar-refractivity contribution in [3.05, 3.63) is 49.6 Å². The zero-order valence-corrected chi connectivity index (χ0v) is 13.8. The summed E-state index contributed by atoms with van der Waals surface area (Å²) >= 11 is 13.5. The molecule has 0 amide bonds. The maximum Gasteiger partial charge on any atom is 0.204 e. The Labute approximate surface area is 132 Å². The van der Waals surface area contributed by atoms with E-state index < -0.39 is 0 Å². The fourth-order valence-corrected chi connectivity index (χ4v) is 3.21. The molecule has 0 spiro atoms. The molecule has 2 aromatic rings. The number of hydrogen-bond donors (Lipinski definition) is 1. The van der Waals surface area contributed by atoms with Crippen molar-refractivity contribution in [2.45, 2.75) is 26.2 Å². The Morgan fingerprint density at radius 3 is 2.40 bits per heavy atom. The minimum Gasteiger partial charge on any atom is -0.399 e. The molecule has 0 radical (unpaired) electrons. The molecule has 0 unspecified atom stereocenters. The van der Waals surface area contributed by atoms with Gasteiger partial charge in [-0.2, -0.15) is 0 Å². The Kier molecular flexibility index (Phi) is 4.14. The van der Waals surface area contributed by atoms with Crippen LogP contribution in [0.15, 0.2) is 24.3 Å². The quantitative estimate of drug-likeness (QED) is 0.611. The number of carbonyl (C=O) groups is 1. The second-order valence-corrected chi connectivity index (χ2v) is 7.48. The van der Waals surface area contributed by atoms with Gasteiger partial charge in [-0.3, -0.25) is 4.79 Å². The summed E-state index contributed by atoms with van der Waals surface area (Å²) in [6.45, 7) is 6.33. The van der Waals surface area contributed by atoms with Crippen molar-refractivity contribution in [3.63, 3.8) is 0 Å². The van der Waals surface area contributed by atoms with Crippen LogP contribution in [-0.4, -0.2) is 5.78 Å². The molecule has 0 saturated heterocycles. The summed E-state index contributed by atoms with van der Waals surface area (Å²) in [6, 6.07) is 6.89. The number of thiophene rings is 1. The van der Waals surface area contributed by atoms with Gasteiger partial charge < -0.3 is 5.73 Å². The lowest BCUT2D eigenvalue weighted by Gasteiger charge is -2.15. The van der Waals surface area contributed by atoms with E-state index in [1.807, 2.05) is 12.1 Å². The molecule has 2 rings (SSSR count). The van der Waals surface area contributed by atoms with Crippen molar-refractivity contribution in [1.29, 1.82) is 0 Å². The van der Waals surface area contributed by atoms with Gasteiger partial charge in [-0.1, -0.05) is 44.0 Å². The molecule has 20 heavy (non-hydrogen) atoms. The second-order valence-electron chi connectivity index (χ2n) is 5.61. The monoisotopic (exact) mass is 327 g/mol. The molecule has 1 aromatic heterocycles. The first-order valence-corrected chi connectivity index (χ1v) is 7.67. The average molecular weight is 328 g/mol. The predicted octanol–water partition coefficient (Wildman–Crippen LogP) is 5.17. The van der Waals surface area contributed by atoms with Gasteiger partial charge in [0.05, 0.1) is 14.9 Å². The first-order chi connectivity index (χ1) is 9.20. The highest BCUT2D eigenvalue weighted by molar-refractivity contribution is 7.14. The van der Waals surface area contributed by atoms with Crippen LogP contribution in [0, 0.1) is 0 Å². The molecule has 0 bridgehead atoms. The molecular formula is C15H15Cl2NOS. The van der Waals surface area contributed by atoms with Gasteiger partial charge in [0, 0.05) is 16.1 Å². The van der Waals surface area contributed by atoms with Crippen molar-refractivity contribution in [3.8, 4) is 0 Å². The van der Waals surface area contributed by atoms with Crippen molar-refractivity contribution in [2.75, 3.05) is 5.73 Å². The number of hydrogen-bond acceptors (Lipinski definition) is 3. The first-order valence-electron chi connectivity index (χ1n) is 6.09. The summed E-state index contributed by atoms with van der Waals surface area (Å²) in [5.41, 5.74) is 6.51. The van der Waals surface area contributed by atoms with Crippen LogP contribution in [0.25, 0.3) is 0 Å². The number of carbonyl (C=O) groups excluding carboxylic acids is 1. The van der Waals surface area contributed by atoms with Crippen LogP contribution in [0.2, 0.25) is 10.0 Å². The zero-order chi connectivity index (χ0) is 15.1. The molecule has 5 heteroatoms. The number of halogens is 2. The Morgan fingerprint density at radius 2 is 1.85 bits per heavy atom. The van der Waals surface area contributed by atoms with Gasteiger partial charge in [-0.15, -0.1) is 11.3 Å². The highest BCUT2D eigenvalue weighted by atomic mass is 35.5. The van der Waals surface area contributed by atoms with E-state index in [0.29, 0.717) is 21.2 Å². The molecular weight excluding hydrogens is 313 g/mol. The van der Waals surface area contributed by atoms with E-state index in [9.17, 15) is 4.79 Å². The molecule has 1 heterocycles. The van der Waals surface area contributed by atoms with E-state index in [0.717, 1.165) is 4.88 Å². The standard InChI is InChI=1S/C15H15Cl2NOS/c1-15(2,3)12-5-4-11(20-12)14(19)9-6-8(18)7-10(16)13(9)17/h4-7H,18H2,1-3H3. The van der Waals surface area contributed by atoms with E-state index in [4.69, 9.17) is 28.9 Å². The number of nitrogens with two attached hydrogens (primary N) is 1. The molecule has 2 N–H and O–H groups in total. The van der Waals surface area contributed by atoms with Crippen LogP contribution in [0.3, 0.4) is 0 Å². The van der Waals surface area contributed by atoms with Crippen LogP contribution in [0.4, 0.5) is 5.69 Å². The fourth-order valence-electron chi connectivity index (χ4n) is 1.77. The normalized spacial score (nSPS) is 11.7. The number of rotatable bonds is 2. The Balaban J connectivity index is 2.45. The molecule has 0 aliphatic carbocycles. The molecule has 1 aromatic carbocycles. The number of anilines is 1. The number of benzene rings is 1. The zero-order valence-electron chi connectivity index (χ0n) is 11.5. The lowest BCUT2D eigenvalue weighted by Crippen LogP contribution is -2.08. The summed E-state index contributed by atoms with van der Waals surface area (Å²) in [6.07, 6.45) is 0. The van der Waals surface area contributed by atoms with Crippen LogP contribution in [0.5, 0.6) is 0 Å². The molecule has 0 saturated carbocycles. The molecule has 0 atom stereocenters. The van der Waals surface area contributed by atoms with Crippen molar-refractivity contribution >= 4 is 46.0 Å². The van der Waals surface area contributed by atoms with Gasteiger partial charge in [0.1, 0.15) is 0 Å². The highest BCUT2D eigenvalue weighted by Gasteiger charge is 2.21. The van der Waals surface area contributed by atoms with Crippen LogP contribution in [0.1, 0.15) is 40.9 Å². The topological polar surface area (TPSA) is 43.1 Å². The summed E-state index contributed by atoms with van der Waals surface area (Å²) < 4.78 is 0. The lowest BCUT2D eigenvalue weighted by atomic mass is 9.95. The summed E-state index contributed by atoms with van der Waals surface area (Å²) in [5.74, 6) is -0.148. The van der Waals surface area contributed by atoms with Crippen LogP contribution in [-0.2, 0) is 5.41 Å². The molecule has 0 fully saturated rings. The van der Waals surface area contributed by atoms with Gasteiger partial charge >= 0.3 is 0 Å². The fraction of sp³-hybridized carbons (Fsp3) is 0.267. The van der Waals surface area contributed by atoms with Crippen LogP contribution >= 0.6 is 34.5 Å². The van der Waals surface area contributed by atoms with Crippen molar-refractivity contribution in [1.82, 2.24) is 0 Å². The van der Waals surface area contributed by atoms with E-state index >= 15 is 0 Å². The maximum atomic E-state index is 12.5. The Morgan fingerprint density at radius 1 is 1.20 bits per heavy atom. The molecule has 2 nitrogen and oxygen atoms in total. The minimum absolute atomic E-state index is 0.0142. The van der Waals surface area contributed by atoms with Crippen molar-refractivity contribution < 1.29 is 4.79 Å². The van der Waals surface area contributed by atoms with Gasteiger partial charge in [-0.25, -0.2) is 0 Å². The first kappa shape index (κ1) is 15.4. The number of nitrogen functional groups attached to an aromatic ring is 1. The Bertz CT molecular complexity index is 671. The SMILES string of the molecule is CC(C)(C)c1ccc(C(=O)c2cc(N)cc(Cl)c2Cl)s1. The third-order valence-corrected chi connectivity index (χ3v) is 5.18. The Hall–Kier alpha value is -1.03. The molecule has 106 valence electrons. The third-order valence-electron chi connectivity index (χ3n) is 2.86. The second kappa shape index (κ2) is 5.40. The number of ketones is 1. The summed E-state index contributed by atoms with van der Waals surface area (Å²) in [5, 5.41) is 0.541. The van der Waals surface area contributed by atoms with E-state index in [1.165, 1.54) is 17.4 Å². The van der Waals surface area contributed by atoms with E-state index in [2.05, 4.69) is 20.8 Å². The van der Waals surface area contributed by atoms with Crippen LogP contribution < -0.4 is 5.73 Å². The largest absolute Gasteiger partial charge is 0.399 e. The van der Waals surface area contributed by atoms with Gasteiger partial charge in [0.2, 0.25) is 5.78 Å². The summed E-state index contributed by atoms with van der Waals surface area (Å²) in [4.78, 5) is 14.3. The third kappa shape index (κ3) is 3.00. The van der Waals surface area contributed by atoms with E-state index in [-0.39, 0.29) is 16.2 Å². The highest BCUT2D eigenvalue weighted by Crippen LogP contribution is 2.34. The minimum atomic E-state index is -0.148. The van der Waals surface area contributed by atoms with E-state index in [1.54, 1.807) is 6.07 Å². The van der Waals surface area contributed by atoms with Crippen molar-refractivity contribution in [2.24, 2.45) is 0 Å². The van der Waals surface area contributed by atoms with Gasteiger partial charge in [-0.05, 0) is 29.7 Å². The maximum absolute atomic E-state index is 12.5. The smallest absolute Gasteiger partial charge is 0.204 e. The predicted molar refractivity (Wildman–Crippen MR) is 87.3 cm³/mol. The van der Waals surface area contributed by atoms with Gasteiger partial charge in [0.15, 0.2) is 0 Å². The lowest BCUT2D eigenvalue weighted by molar-refractivity contribution is 0.104. The average Bonchev–Trinajstić information content (AvgIpc) is 2.82. The summed E-state index contributed by atoms with van der Waals surface area (Å²) in [7, 11) is 0. The molecule has 0 aliphatic heterocycles. The van der Waals surface area contributed by atoms with Gasteiger partial charge in [0.25, 0.3) is 0 Å².